The number of fused-ring (bicyclic) bond motifs is 1. The molecule has 1 atom stereocenters. The zero-order chi connectivity index (χ0) is 16.4. The topological polar surface area (TPSA) is 54.0 Å². The maximum Gasteiger partial charge on any atom is 0.174 e. The summed E-state index contributed by atoms with van der Waals surface area (Å²) in [7, 11) is 4.69. The number of ketones is 1. The van der Waals surface area contributed by atoms with Crippen molar-refractivity contribution in [3.8, 4) is 23.0 Å². The second-order valence-corrected chi connectivity index (χ2v) is 5.15. The summed E-state index contributed by atoms with van der Waals surface area (Å²) in [6.45, 7) is 0. The summed E-state index contributed by atoms with van der Waals surface area (Å²) >= 11 is 0. The SMILES string of the molecule is COc1cccc([C@H]2CC(=O)c3c(OC)cccc3O2)c1OC. The van der Waals surface area contributed by atoms with Crippen LogP contribution >= 0.6 is 0 Å². The van der Waals surface area contributed by atoms with Gasteiger partial charge in [0.05, 0.1) is 27.8 Å². The van der Waals surface area contributed by atoms with Gasteiger partial charge in [-0.3, -0.25) is 4.79 Å². The van der Waals surface area contributed by atoms with Gasteiger partial charge in [0.2, 0.25) is 0 Å². The molecule has 0 N–H and O–H groups in total. The fraction of sp³-hybridized carbons (Fsp3) is 0.278. The van der Waals surface area contributed by atoms with Crippen molar-refractivity contribution in [2.45, 2.75) is 12.5 Å². The molecular formula is C18H18O5. The van der Waals surface area contributed by atoms with Crippen LogP contribution in [0.2, 0.25) is 0 Å². The Hall–Kier alpha value is -2.69. The van der Waals surface area contributed by atoms with Crippen molar-refractivity contribution in [3.05, 3.63) is 47.5 Å². The molecule has 0 saturated heterocycles. The van der Waals surface area contributed by atoms with Gasteiger partial charge in [0.1, 0.15) is 23.2 Å². The fourth-order valence-electron chi connectivity index (χ4n) is 2.86. The second kappa shape index (κ2) is 6.20. The average molecular weight is 314 g/mol. The van der Waals surface area contributed by atoms with Crippen LogP contribution in [0.15, 0.2) is 36.4 Å². The molecule has 1 heterocycles. The predicted molar refractivity (Wildman–Crippen MR) is 84.9 cm³/mol. The van der Waals surface area contributed by atoms with Crippen LogP contribution in [-0.2, 0) is 0 Å². The number of methoxy groups -OCH3 is 3. The Bertz CT molecular complexity index is 738. The van der Waals surface area contributed by atoms with Gasteiger partial charge < -0.3 is 18.9 Å². The molecule has 5 nitrogen and oxygen atoms in total. The highest BCUT2D eigenvalue weighted by molar-refractivity contribution is 6.02. The van der Waals surface area contributed by atoms with Gasteiger partial charge >= 0.3 is 0 Å². The molecule has 0 amide bonds. The van der Waals surface area contributed by atoms with E-state index in [2.05, 4.69) is 0 Å². The number of para-hydroxylation sites is 1. The van der Waals surface area contributed by atoms with Gasteiger partial charge in [-0.15, -0.1) is 0 Å². The Morgan fingerprint density at radius 3 is 2.35 bits per heavy atom. The summed E-state index contributed by atoms with van der Waals surface area (Å²) in [6, 6.07) is 10.9. The minimum Gasteiger partial charge on any atom is -0.496 e. The first kappa shape index (κ1) is 15.2. The van der Waals surface area contributed by atoms with Gasteiger partial charge in [-0.2, -0.15) is 0 Å². The van der Waals surface area contributed by atoms with Crippen molar-refractivity contribution in [1.29, 1.82) is 0 Å². The smallest absolute Gasteiger partial charge is 0.174 e. The molecule has 0 bridgehead atoms. The van der Waals surface area contributed by atoms with Crippen molar-refractivity contribution in [1.82, 2.24) is 0 Å². The maximum absolute atomic E-state index is 12.6. The molecule has 0 fully saturated rings. The zero-order valence-electron chi connectivity index (χ0n) is 13.3. The summed E-state index contributed by atoms with van der Waals surface area (Å²) in [5, 5.41) is 0. The van der Waals surface area contributed by atoms with E-state index >= 15 is 0 Å². The van der Waals surface area contributed by atoms with Gasteiger partial charge in [-0.05, 0) is 18.2 Å². The average Bonchev–Trinajstić information content (AvgIpc) is 2.60. The van der Waals surface area contributed by atoms with E-state index in [0.717, 1.165) is 5.56 Å². The van der Waals surface area contributed by atoms with E-state index in [1.165, 1.54) is 0 Å². The molecule has 120 valence electrons. The lowest BCUT2D eigenvalue weighted by Crippen LogP contribution is -2.21. The van der Waals surface area contributed by atoms with Crippen LogP contribution in [0.5, 0.6) is 23.0 Å². The molecule has 3 rings (SSSR count). The van der Waals surface area contributed by atoms with Crippen LogP contribution in [0.1, 0.15) is 28.4 Å². The molecule has 0 aromatic heterocycles. The maximum atomic E-state index is 12.6. The van der Waals surface area contributed by atoms with Crippen LogP contribution in [0.25, 0.3) is 0 Å². The molecule has 23 heavy (non-hydrogen) atoms. The van der Waals surface area contributed by atoms with E-state index in [1.807, 2.05) is 18.2 Å². The normalized spacial score (nSPS) is 16.3. The monoisotopic (exact) mass is 314 g/mol. The number of hydrogen-bond donors (Lipinski definition) is 0. The summed E-state index contributed by atoms with van der Waals surface area (Å²) in [6.07, 6.45) is -0.205. The van der Waals surface area contributed by atoms with Crippen LogP contribution in [-0.4, -0.2) is 27.1 Å². The van der Waals surface area contributed by atoms with Crippen molar-refractivity contribution in [2.24, 2.45) is 0 Å². The Morgan fingerprint density at radius 1 is 0.957 bits per heavy atom. The molecule has 1 aliphatic heterocycles. The van der Waals surface area contributed by atoms with Gasteiger partial charge in [0, 0.05) is 5.56 Å². The first-order valence-corrected chi connectivity index (χ1v) is 7.27. The summed E-state index contributed by atoms with van der Waals surface area (Å²) < 4.78 is 22.1. The number of rotatable bonds is 4. The predicted octanol–water partition coefficient (Wildman–Crippen LogP) is 3.42. The number of hydrogen-bond acceptors (Lipinski definition) is 5. The number of carbonyl (C=O) groups excluding carboxylic acids is 1. The molecule has 2 aromatic rings. The van der Waals surface area contributed by atoms with E-state index in [0.29, 0.717) is 28.6 Å². The summed E-state index contributed by atoms with van der Waals surface area (Å²) in [5.41, 5.74) is 1.28. The van der Waals surface area contributed by atoms with Crippen molar-refractivity contribution < 1.29 is 23.7 Å². The van der Waals surface area contributed by atoms with E-state index in [9.17, 15) is 4.79 Å². The Balaban J connectivity index is 2.03. The molecule has 0 unspecified atom stereocenters. The third kappa shape index (κ3) is 2.59. The van der Waals surface area contributed by atoms with E-state index in [4.69, 9.17) is 18.9 Å². The highest BCUT2D eigenvalue weighted by atomic mass is 16.5. The second-order valence-electron chi connectivity index (χ2n) is 5.15. The lowest BCUT2D eigenvalue weighted by Gasteiger charge is -2.27. The van der Waals surface area contributed by atoms with E-state index in [-0.39, 0.29) is 12.2 Å². The quantitative estimate of drug-likeness (QED) is 0.865. The fourth-order valence-corrected chi connectivity index (χ4v) is 2.86. The molecule has 0 aliphatic carbocycles. The van der Waals surface area contributed by atoms with Crippen molar-refractivity contribution in [2.75, 3.05) is 21.3 Å². The van der Waals surface area contributed by atoms with Crippen LogP contribution in [0.3, 0.4) is 0 Å². The highest BCUT2D eigenvalue weighted by Gasteiger charge is 2.32. The van der Waals surface area contributed by atoms with Gasteiger partial charge in [-0.25, -0.2) is 0 Å². The zero-order valence-corrected chi connectivity index (χ0v) is 13.3. The lowest BCUT2D eigenvalue weighted by atomic mass is 9.95. The minimum absolute atomic E-state index is 0.0152. The van der Waals surface area contributed by atoms with Crippen LogP contribution < -0.4 is 18.9 Å². The molecular weight excluding hydrogens is 296 g/mol. The number of Topliss-reactive ketones (excluding diaryl/α,β-unsaturated/α-hetero) is 1. The lowest BCUT2D eigenvalue weighted by molar-refractivity contribution is 0.0841. The minimum atomic E-state index is -0.424. The first-order valence-electron chi connectivity index (χ1n) is 7.27. The number of ether oxygens (including phenoxy) is 4. The third-order valence-electron chi connectivity index (χ3n) is 3.91. The molecule has 2 aromatic carbocycles. The Kier molecular flexibility index (Phi) is 4.10. The molecule has 0 saturated carbocycles. The highest BCUT2D eigenvalue weighted by Crippen LogP contribution is 2.43. The summed E-state index contributed by atoms with van der Waals surface area (Å²) in [4.78, 5) is 12.6. The molecule has 5 heteroatoms. The number of benzene rings is 2. The van der Waals surface area contributed by atoms with Crippen molar-refractivity contribution in [3.63, 3.8) is 0 Å². The summed E-state index contributed by atoms with van der Waals surface area (Å²) in [5.74, 6) is 2.23. The number of carbonyl (C=O) groups is 1. The van der Waals surface area contributed by atoms with Gasteiger partial charge in [-0.1, -0.05) is 18.2 Å². The largest absolute Gasteiger partial charge is 0.496 e. The Labute approximate surface area is 134 Å². The molecule has 1 aliphatic rings. The van der Waals surface area contributed by atoms with Crippen molar-refractivity contribution >= 4 is 5.78 Å². The van der Waals surface area contributed by atoms with Crippen LogP contribution in [0.4, 0.5) is 0 Å². The van der Waals surface area contributed by atoms with E-state index in [1.54, 1.807) is 39.5 Å². The standard InChI is InChI=1S/C18H18O5/c1-20-13-7-5-8-14-17(13)12(19)10-16(23-14)11-6-4-9-15(21-2)18(11)22-3/h4-9,16H,10H2,1-3H3/t16-/m1/s1. The van der Waals surface area contributed by atoms with Gasteiger partial charge in [0.15, 0.2) is 17.3 Å². The first-order chi connectivity index (χ1) is 11.2. The third-order valence-corrected chi connectivity index (χ3v) is 3.91. The molecule has 0 radical (unpaired) electrons. The molecule has 0 spiro atoms. The van der Waals surface area contributed by atoms with Gasteiger partial charge in [0.25, 0.3) is 0 Å². The van der Waals surface area contributed by atoms with Crippen LogP contribution in [0, 0.1) is 0 Å². The van der Waals surface area contributed by atoms with E-state index < -0.39 is 6.10 Å². The Morgan fingerprint density at radius 2 is 1.65 bits per heavy atom.